The van der Waals surface area contributed by atoms with Gasteiger partial charge in [-0.3, -0.25) is 0 Å². The van der Waals surface area contributed by atoms with Crippen LogP contribution in [0.5, 0.6) is 0 Å². The van der Waals surface area contributed by atoms with Crippen molar-refractivity contribution in [3.8, 4) is 6.19 Å². The largest absolute Gasteiger partial charge is 0.379 e. The third-order valence-corrected chi connectivity index (χ3v) is 1.24. The van der Waals surface area contributed by atoms with E-state index in [1.165, 1.54) is 0 Å². The van der Waals surface area contributed by atoms with Crippen LogP contribution in [-0.4, -0.2) is 25.6 Å². The van der Waals surface area contributed by atoms with Crippen LogP contribution in [0.3, 0.4) is 0 Å². The molecule has 1 heterocycles. The molecule has 0 atom stereocenters. The summed E-state index contributed by atoms with van der Waals surface area (Å²) in [6, 6.07) is 0. The Morgan fingerprint density at radius 1 is 1.60 bits per heavy atom. The fourth-order valence-corrected chi connectivity index (χ4v) is 0.783. The number of nitrogens with zero attached hydrogens (tertiary/aromatic N) is 2. The minimum atomic E-state index is 0.660. The number of nitrogens with one attached hydrogen (secondary N) is 1. The zero-order chi connectivity index (χ0) is 7.23. The maximum atomic E-state index is 8.19. The van der Waals surface area contributed by atoms with Gasteiger partial charge in [0.2, 0.25) is 6.19 Å². The highest BCUT2D eigenvalue weighted by atomic mass is 16.5. The third kappa shape index (κ3) is 2.03. The SMILES string of the molecule is N#C/N=C1/CCOCCN1. The maximum absolute atomic E-state index is 8.19. The average molecular weight is 139 g/mol. The van der Waals surface area contributed by atoms with E-state index in [1.54, 1.807) is 6.19 Å². The van der Waals surface area contributed by atoms with Crippen LogP contribution in [0.15, 0.2) is 4.99 Å². The Hall–Kier alpha value is -1.08. The Bertz CT molecular complexity index is 160. The molecule has 0 saturated carbocycles. The van der Waals surface area contributed by atoms with Gasteiger partial charge in [0.05, 0.1) is 13.2 Å². The number of amidine groups is 1. The van der Waals surface area contributed by atoms with Gasteiger partial charge in [-0.2, -0.15) is 10.3 Å². The van der Waals surface area contributed by atoms with Gasteiger partial charge in [0.25, 0.3) is 0 Å². The van der Waals surface area contributed by atoms with Crippen molar-refractivity contribution in [1.82, 2.24) is 5.32 Å². The fraction of sp³-hybridized carbons (Fsp3) is 0.667. The second kappa shape index (κ2) is 3.85. The molecular formula is C6H9N3O. The molecule has 54 valence electrons. The van der Waals surface area contributed by atoms with Crippen molar-refractivity contribution in [3.63, 3.8) is 0 Å². The van der Waals surface area contributed by atoms with Gasteiger partial charge in [-0.25, -0.2) is 0 Å². The summed E-state index contributed by atoms with van der Waals surface area (Å²) < 4.78 is 5.12. The van der Waals surface area contributed by atoms with Crippen LogP contribution in [0.4, 0.5) is 0 Å². The summed E-state index contributed by atoms with van der Waals surface area (Å²) in [6.07, 6.45) is 2.45. The van der Waals surface area contributed by atoms with Crippen LogP contribution in [0.2, 0.25) is 0 Å². The van der Waals surface area contributed by atoms with Crippen molar-refractivity contribution in [3.05, 3.63) is 0 Å². The van der Waals surface area contributed by atoms with Crippen LogP contribution < -0.4 is 5.32 Å². The van der Waals surface area contributed by atoms with E-state index in [1.807, 2.05) is 0 Å². The Balaban J connectivity index is 2.44. The molecule has 10 heavy (non-hydrogen) atoms. The summed E-state index contributed by atoms with van der Waals surface area (Å²) in [7, 11) is 0. The van der Waals surface area contributed by atoms with Gasteiger partial charge in [0, 0.05) is 13.0 Å². The molecule has 0 spiro atoms. The Kier molecular flexibility index (Phi) is 2.71. The summed E-state index contributed by atoms with van der Waals surface area (Å²) in [5.41, 5.74) is 0. The molecule has 0 bridgehead atoms. The third-order valence-electron chi connectivity index (χ3n) is 1.24. The first-order valence-corrected chi connectivity index (χ1v) is 3.21. The topological polar surface area (TPSA) is 57.4 Å². The van der Waals surface area contributed by atoms with Crippen molar-refractivity contribution in [2.75, 3.05) is 19.8 Å². The fourth-order valence-electron chi connectivity index (χ4n) is 0.783. The lowest BCUT2D eigenvalue weighted by Gasteiger charge is -1.98. The summed E-state index contributed by atoms with van der Waals surface area (Å²) in [6.45, 7) is 2.11. The smallest absolute Gasteiger partial charge is 0.207 e. The normalized spacial score (nSPS) is 22.9. The molecule has 1 aliphatic heterocycles. The number of aliphatic imine (C=N–C) groups is 1. The van der Waals surface area contributed by atoms with Gasteiger partial charge < -0.3 is 10.1 Å². The second-order valence-corrected chi connectivity index (χ2v) is 1.95. The average Bonchev–Trinajstić information content (AvgIpc) is 2.17. The molecule has 4 nitrogen and oxygen atoms in total. The standard InChI is InChI=1S/C6H9N3O/c7-5-9-6-1-3-10-4-2-8-6/h1-4H2,(H,8,9). The Morgan fingerprint density at radius 2 is 2.50 bits per heavy atom. The molecular weight excluding hydrogens is 130 g/mol. The number of nitriles is 1. The van der Waals surface area contributed by atoms with E-state index in [2.05, 4.69) is 10.3 Å². The molecule has 1 saturated heterocycles. The number of rotatable bonds is 0. The molecule has 1 rings (SSSR count). The molecule has 0 amide bonds. The van der Waals surface area contributed by atoms with Crippen LogP contribution in [0, 0.1) is 11.5 Å². The molecule has 0 aliphatic carbocycles. The van der Waals surface area contributed by atoms with Crippen molar-refractivity contribution in [1.29, 1.82) is 5.26 Å². The molecule has 1 aliphatic rings. The number of hydrogen-bond donors (Lipinski definition) is 1. The van der Waals surface area contributed by atoms with Crippen molar-refractivity contribution < 1.29 is 4.74 Å². The quantitative estimate of drug-likeness (QED) is 0.476. The molecule has 0 aromatic carbocycles. The van der Waals surface area contributed by atoms with Gasteiger partial charge in [-0.15, -0.1) is 0 Å². The zero-order valence-corrected chi connectivity index (χ0v) is 5.63. The highest BCUT2D eigenvalue weighted by Gasteiger charge is 2.02. The van der Waals surface area contributed by atoms with E-state index >= 15 is 0 Å². The van der Waals surface area contributed by atoms with Crippen molar-refractivity contribution >= 4 is 5.84 Å². The van der Waals surface area contributed by atoms with E-state index < -0.39 is 0 Å². The van der Waals surface area contributed by atoms with E-state index in [0.29, 0.717) is 19.6 Å². The highest BCUT2D eigenvalue weighted by Crippen LogP contribution is 1.90. The lowest BCUT2D eigenvalue weighted by molar-refractivity contribution is 0.153. The molecule has 4 heteroatoms. The van der Waals surface area contributed by atoms with Crippen molar-refractivity contribution in [2.45, 2.75) is 6.42 Å². The Labute approximate surface area is 59.5 Å². The molecule has 0 aromatic heterocycles. The molecule has 0 unspecified atom stereocenters. The number of ether oxygens (including phenoxy) is 1. The summed E-state index contributed by atoms with van der Waals surface area (Å²) in [4.78, 5) is 3.57. The predicted octanol–water partition coefficient (Wildman–Crippen LogP) is -0.124. The zero-order valence-electron chi connectivity index (χ0n) is 5.63. The van der Waals surface area contributed by atoms with Gasteiger partial charge in [0.1, 0.15) is 5.84 Å². The first-order chi connectivity index (χ1) is 4.93. The first kappa shape index (κ1) is 7.03. The molecule has 1 N–H and O–H groups in total. The monoisotopic (exact) mass is 139 g/mol. The lowest BCUT2D eigenvalue weighted by Crippen LogP contribution is -2.23. The number of hydrogen-bond acceptors (Lipinski definition) is 3. The summed E-state index contributed by atoms with van der Waals surface area (Å²) >= 11 is 0. The van der Waals surface area contributed by atoms with E-state index in [4.69, 9.17) is 10.00 Å². The van der Waals surface area contributed by atoms with E-state index in [-0.39, 0.29) is 0 Å². The second-order valence-electron chi connectivity index (χ2n) is 1.95. The van der Waals surface area contributed by atoms with Crippen LogP contribution in [0.1, 0.15) is 6.42 Å². The van der Waals surface area contributed by atoms with Gasteiger partial charge >= 0.3 is 0 Å². The van der Waals surface area contributed by atoms with Crippen LogP contribution >= 0.6 is 0 Å². The van der Waals surface area contributed by atoms with E-state index in [9.17, 15) is 0 Å². The predicted molar refractivity (Wildman–Crippen MR) is 36.5 cm³/mol. The lowest BCUT2D eigenvalue weighted by atomic mass is 10.4. The molecule has 0 radical (unpaired) electrons. The molecule has 0 aromatic rings. The van der Waals surface area contributed by atoms with Crippen LogP contribution in [-0.2, 0) is 4.74 Å². The van der Waals surface area contributed by atoms with Gasteiger partial charge in [0.15, 0.2) is 0 Å². The van der Waals surface area contributed by atoms with Crippen LogP contribution in [0.25, 0.3) is 0 Å². The Morgan fingerprint density at radius 3 is 3.30 bits per heavy atom. The van der Waals surface area contributed by atoms with Gasteiger partial charge in [-0.05, 0) is 0 Å². The maximum Gasteiger partial charge on any atom is 0.207 e. The minimum absolute atomic E-state index is 0.660. The molecule has 1 fully saturated rings. The summed E-state index contributed by atoms with van der Waals surface area (Å²) in [5, 5.41) is 11.2. The first-order valence-electron chi connectivity index (χ1n) is 3.21. The van der Waals surface area contributed by atoms with E-state index in [0.717, 1.165) is 12.4 Å². The summed E-state index contributed by atoms with van der Waals surface area (Å²) in [5.74, 6) is 0.736. The van der Waals surface area contributed by atoms with Gasteiger partial charge in [-0.1, -0.05) is 0 Å². The minimum Gasteiger partial charge on any atom is -0.379 e. The van der Waals surface area contributed by atoms with Crippen molar-refractivity contribution in [2.24, 2.45) is 4.99 Å². The highest BCUT2D eigenvalue weighted by molar-refractivity contribution is 5.83.